The fraction of sp³-hybridized carbons (Fsp3) is 0.400. The highest BCUT2D eigenvalue weighted by Crippen LogP contribution is 2.32. The Bertz CT molecular complexity index is 1390. The van der Waals surface area contributed by atoms with Crippen LogP contribution in [0, 0.1) is 18.8 Å². The molecule has 0 bridgehead atoms. The number of anilines is 1. The number of methoxy groups -OCH3 is 1. The molecule has 0 spiro atoms. The van der Waals surface area contributed by atoms with E-state index < -0.39 is 5.91 Å². The molecule has 0 saturated carbocycles. The fourth-order valence-electron chi connectivity index (χ4n) is 4.78. The van der Waals surface area contributed by atoms with E-state index in [4.69, 9.17) is 10.5 Å². The predicted molar refractivity (Wildman–Crippen MR) is 135 cm³/mol. The van der Waals surface area contributed by atoms with Gasteiger partial charge in [0, 0.05) is 27.2 Å². The lowest BCUT2D eigenvalue weighted by molar-refractivity contribution is -0.127. The minimum absolute atomic E-state index is 0.145. The van der Waals surface area contributed by atoms with Crippen LogP contribution in [0.2, 0.25) is 0 Å². The molecule has 11 heteroatoms. The molecule has 0 aliphatic carbocycles. The number of ether oxygens (including phenoxy) is 1. The summed E-state index contributed by atoms with van der Waals surface area (Å²) >= 11 is 0. The van der Waals surface area contributed by atoms with Crippen LogP contribution >= 0.6 is 0 Å². The first-order valence-electron chi connectivity index (χ1n) is 11.7. The number of imidazole rings is 1. The van der Waals surface area contributed by atoms with Crippen LogP contribution in [0.15, 0.2) is 24.8 Å². The first-order valence-corrected chi connectivity index (χ1v) is 11.7. The third kappa shape index (κ3) is 4.43. The number of likely N-dealkylation sites (tertiary alicyclic amines) is 1. The maximum absolute atomic E-state index is 12.4. The number of carbonyl (C=O) groups is 2. The standard InChI is InChI=1S/C25H30N8O3/c1-6-21(34)32-13-17(12-18(32)14-36-5)33-25(27-4)22(23(26)35)19(30-33)10-8-16-9-11-20-24(29-16)28-15(3)31(20)7-2/h6,9,11,17-18,27H,1,7,12-14H2,2-5H3,(H2,26,35)/t17-,18+/m0/s1. The second-order valence-corrected chi connectivity index (χ2v) is 8.52. The number of hydrogen-bond acceptors (Lipinski definition) is 7. The van der Waals surface area contributed by atoms with Crippen LogP contribution in [0.25, 0.3) is 11.2 Å². The molecule has 4 heterocycles. The van der Waals surface area contributed by atoms with Crippen molar-refractivity contribution >= 4 is 28.8 Å². The zero-order valence-corrected chi connectivity index (χ0v) is 20.9. The van der Waals surface area contributed by atoms with Gasteiger partial charge in [-0.15, -0.1) is 0 Å². The normalized spacial score (nSPS) is 17.2. The average Bonchev–Trinajstić information content (AvgIpc) is 3.54. The van der Waals surface area contributed by atoms with E-state index in [0.717, 1.165) is 17.9 Å². The number of rotatable bonds is 7. The molecule has 11 nitrogen and oxygen atoms in total. The average molecular weight is 491 g/mol. The van der Waals surface area contributed by atoms with Crippen LogP contribution in [0.4, 0.5) is 5.82 Å². The van der Waals surface area contributed by atoms with Gasteiger partial charge >= 0.3 is 0 Å². The van der Waals surface area contributed by atoms with Crippen molar-refractivity contribution in [1.29, 1.82) is 0 Å². The fourth-order valence-corrected chi connectivity index (χ4v) is 4.78. The number of carbonyl (C=O) groups excluding carboxylic acids is 2. The highest BCUT2D eigenvalue weighted by atomic mass is 16.5. The largest absolute Gasteiger partial charge is 0.383 e. The van der Waals surface area contributed by atoms with Crippen LogP contribution in [0.1, 0.15) is 47.0 Å². The number of primary amides is 1. The molecule has 3 aromatic heterocycles. The number of fused-ring (bicyclic) bond motifs is 1. The number of amides is 2. The van der Waals surface area contributed by atoms with Crippen molar-refractivity contribution in [3.8, 4) is 11.8 Å². The molecule has 1 saturated heterocycles. The number of pyridine rings is 1. The predicted octanol–water partition coefficient (Wildman–Crippen LogP) is 1.47. The SMILES string of the molecule is C=CC(=O)N1C[C@@H](n2nc(C#Cc3ccc4c(n3)nc(C)n4CC)c(C(N)=O)c2NC)C[C@@H]1COC. The Hall–Kier alpha value is -4.17. The first kappa shape index (κ1) is 24.9. The first-order chi connectivity index (χ1) is 17.3. The molecular weight excluding hydrogens is 460 g/mol. The Kier molecular flexibility index (Phi) is 7.07. The smallest absolute Gasteiger partial charge is 0.255 e. The molecule has 2 amide bonds. The summed E-state index contributed by atoms with van der Waals surface area (Å²) in [6.45, 7) is 9.15. The Morgan fingerprint density at radius 3 is 2.75 bits per heavy atom. The molecule has 4 rings (SSSR count). The van der Waals surface area contributed by atoms with Gasteiger partial charge in [0.25, 0.3) is 5.91 Å². The highest BCUT2D eigenvalue weighted by Gasteiger charge is 2.37. The van der Waals surface area contributed by atoms with E-state index in [0.29, 0.717) is 36.7 Å². The van der Waals surface area contributed by atoms with Crippen molar-refractivity contribution in [2.45, 2.75) is 38.9 Å². The van der Waals surface area contributed by atoms with E-state index >= 15 is 0 Å². The zero-order chi connectivity index (χ0) is 26.0. The van der Waals surface area contributed by atoms with Crippen molar-refractivity contribution in [2.75, 3.05) is 32.6 Å². The third-order valence-corrected chi connectivity index (χ3v) is 6.38. The molecule has 1 fully saturated rings. The lowest BCUT2D eigenvalue weighted by Gasteiger charge is -2.22. The molecule has 1 aliphatic heterocycles. The van der Waals surface area contributed by atoms with Gasteiger partial charge in [-0.1, -0.05) is 6.58 Å². The van der Waals surface area contributed by atoms with Crippen molar-refractivity contribution in [3.05, 3.63) is 47.6 Å². The Balaban J connectivity index is 1.72. The van der Waals surface area contributed by atoms with Crippen LogP contribution in [0.5, 0.6) is 0 Å². The quantitative estimate of drug-likeness (QED) is 0.378. The van der Waals surface area contributed by atoms with Gasteiger partial charge in [0.15, 0.2) is 11.3 Å². The van der Waals surface area contributed by atoms with E-state index in [1.54, 1.807) is 23.7 Å². The molecule has 3 aromatic rings. The van der Waals surface area contributed by atoms with Crippen molar-refractivity contribution in [2.24, 2.45) is 5.73 Å². The van der Waals surface area contributed by atoms with Crippen LogP contribution in [0.3, 0.4) is 0 Å². The molecule has 36 heavy (non-hydrogen) atoms. The molecule has 188 valence electrons. The van der Waals surface area contributed by atoms with Gasteiger partial charge in [-0.05, 0) is 50.3 Å². The lowest BCUT2D eigenvalue weighted by atomic mass is 10.1. The Morgan fingerprint density at radius 1 is 1.33 bits per heavy atom. The number of aromatic nitrogens is 5. The lowest BCUT2D eigenvalue weighted by Crippen LogP contribution is -2.37. The van der Waals surface area contributed by atoms with E-state index in [1.807, 2.05) is 19.1 Å². The molecule has 0 aromatic carbocycles. The van der Waals surface area contributed by atoms with Crippen LogP contribution in [-0.4, -0.2) is 74.4 Å². The summed E-state index contributed by atoms with van der Waals surface area (Å²) in [6.07, 6.45) is 1.88. The second kappa shape index (κ2) is 10.2. The minimum atomic E-state index is -0.652. The summed E-state index contributed by atoms with van der Waals surface area (Å²) in [4.78, 5) is 35.6. The number of nitrogens with two attached hydrogens (primary N) is 1. The van der Waals surface area contributed by atoms with Crippen molar-refractivity contribution in [1.82, 2.24) is 29.2 Å². The highest BCUT2D eigenvalue weighted by molar-refractivity contribution is 6.00. The summed E-state index contributed by atoms with van der Waals surface area (Å²) in [5.74, 6) is 6.46. The van der Waals surface area contributed by atoms with Crippen LogP contribution in [-0.2, 0) is 16.1 Å². The maximum Gasteiger partial charge on any atom is 0.255 e. The second-order valence-electron chi connectivity index (χ2n) is 8.52. The minimum Gasteiger partial charge on any atom is -0.383 e. The molecule has 0 unspecified atom stereocenters. The number of nitrogens with zero attached hydrogens (tertiary/aromatic N) is 6. The zero-order valence-electron chi connectivity index (χ0n) is 20.9. The van der Waals surface area contributed by atoms with E-state index in [2.05, 4.69) is 50.3 Å². The molecule has 0 radical (unpaired) electrons. The van der Waals surface area contributed by atoms with Gasteiger partial charge in [0.05, 0.1) is 24.2 Å². The van der Waals surface area contributed by atoms with Crippen molar-refractivity contribution in [3.63, 3.8) is 0 Å². The monoisotopic (exact) mass is 490 g/mol. The third-order valence-electron chi connectivity index (χ3n) is 6.38. The number of hydrogen-bond donors (Lipinski definition) is 2. The Labute approximate surface area is 209 Å². The van der Waals surface area contributed by atoms with Gasteiger partial charge in [-0.25, -0.2) is 14.6 Å². The van der Waals surface area contributed by atoms with Gasteiger partial charge < -0.3 is 25.3 Å². The summed E-state index contributed by atoms with van der Waals surface area (Å²) in [7, 11) is 3.28. The van der Waals surface area contributed by atoms with Gasteiger partial charge in [-0.3, -0.25) is 9.59 Å². The summed E-state index contributed by atoms with van der Waals surface area (Å²) in [6, 6.07) is 3.39. The van der Waals surface area contributed by atoms with Gasteiger partial charge in [-0.2, -0.15) is 5.10 Å². The summed E-state index contributed by atoms with van der Waals surface area (Å²) in [5, 5.41) is 7.67. The van der Waals surface area contributed by atoms with E-state index in [-0.39, 0.29) is 29.2 Å². The van der Waals surface area contributed by atoms with E-state index in [9.17, 15) is 9.59 Å². The number of aryl methyl sites for hydroxylation is 2. The summed E-state index contributed by atoms with van der Waals surface area (Å²) < 4.78 is 9.07. The number of nitrogens with one attached hydrogen (secondary N) is 1. The molecule has 1 aliphatic rings. The molecule has 2 atom stereocenters. The Morgan fingerprint density at radius 2 is 2.11 bits per heavy atom. The van der Waals surface area contributed by atoms with Crippen molar-refractivity contribution < 1.29 is 14.3 Å². The summed E-state index contributed by atoms with van der Waals surface area (Å²) in [5.41, 5.74) is 8.20. The van der Waals surface area contributed by atoms with Crippen LogP contribution < -0.4 is 11.1 Å². The molecular formula is C25H30N8O3. The molecule has 3 N–H and O–H groups in total. The topological polar surface area (TPSA) is 133 Å². The van der Waals surface area contributed by atoms with Gasteiger partial charge in [0.2, 0.25) is 5.91 Å². The van der Waals surface area contributed by atoms with E-state index in [1.165, 1.54) is 6.08 Å². The maximum atomic E-state index is 12.4. The van der Waals surface area contributed by atoms with Gasteiger partial charge in [0.1, 0.15) is 22.9 Å².